The number of hydrazine groups is 1. The zero-order valence-corrected chi connectivity index (χ0v) is 11.4. The molecule has 1 fully saturated rings. The highest BCUT2D eigenvalue weighted by molar-refractivity contribution is 5.83. The summed E-state index contributed by atoms with van der Waals surface area (Å²) < 4.78 is 43.7. The molecule has 22 heavy (non-hydrogen) atoms. The molecule has 7 heteroatoms. The highest BCUT2D eigenvalue weighted by Crippen LogP contribution is 2.47. The monoisotopic (exact) mass is 310 g/mol. The fraction of sp³-hybridized carbons (Fsp3) is 0.267. The third-order valence-electron chi connectivity index (χ3n) is 3.59. The fourth-order valence-electron chi connectivity index (χ4n) is 2.36. The van der Waals surface area contributed by atoms with E-state index in [0.717, 1.165) is 11.8 Å². The van der Waals surface area contributed by atoms with Crippen molar-refractivity contribution in [2.75, 3.05) is 5.43 Å². The highest BCUT2D eigenvalue weighted by Gasteiger charge is 2.46. The number of benzene rings is 1. The second-order valence-electron chi connectivity index (χ2n) is 5.12. The second-order valence-corrected chi connectivity index (χ2v) is 5.12. The lowest BCUT2D eigenvalue weighted by Crippen LogP contribution is -2.32. The van der Waals surface area contributed by atoms with Gasteiger partial charge in [0.2, 0.25) is 5.91 Å². The molecule has 1 aliphatic rings. The third kappa shape index (κ3) is 2.93. The Morgan fingerprint density at radius 3 is 2.64 bits per heavy atom. The van der Waals surface area contributed by atoms with E-state index in [1.54, 1.807) is 12.1 Å². The predicted molar refractivity (Wildman–Crippen MR) is 72.8 cm³/mol. The topological polar surface area (TPSA) is 54.3 Å². The number of hydrogen-bond acceptors (Lipinski definition) is 3. The molecule has 1 saturated carbocycles. The van der Waals surface area contributed by atoms with Crippen molar-refractivity contribution >= 4 is 11.6 Å². The summed E-state index contributed by atoms with van der Waals surface area (Å²) in [5.74, 6) is 0.0839. The summed E-state index contributed by atoms with van der Waals surface area (Å²) in [4.78, 5) is 11.9. The van der Waals surface area contributed by atoms with Crippen molar-refractivity contribution in [1.29, 1.82) is 0 Å². The number of carbonyl (C=O) groups is 1. The van der Waals surface area contributed by atoms with Gasteiger partial charge in [0.25, 0.3) is 0 Å². The van der Waals surface area contributed by atoms with Crippen LogP contribution in [0.15, 0.2) is 47.1 Å². The molecule has 1 amide bonds. The van der Waals surface area contributed by atoms with Crippen LogP contribution in [0, 0.1) is 5.92 Å². The minimum absolute atomic E-state index is 0.00494. The zero-order valence-electron chi connectivity index (χ0n) is 11.4. The summed E-state index contributed by atoms with van der Waals surface area (Å²) in [5.41, 5.74) is 3.68. The summed E-state index contributed by atoms with van der Waals surface area (Å²) in [6, 6.07) is 8.50. The van der Waals surface area contributed by atoms with Gasteiger partial charge in [0.1, 0.15) is 5.76 Å². The largest absolute Gasteiger partial charge is 0.469 e. The molecule has 0 radical (unpaired) electrons. The second kappa shape index (κ2) is 5.40. The van der Waals surface area contributed by atoms with Crippen molar-refractivity contribution in [3.8, 4) is 0 Å². The van der Waals surface area contributed by atoms with E-state index in [1.807, 2.05) is 0 Å². The molecule has 4 nitrogen and oxygen atoms in total. The molecule has 2 unspecified atom stereocenters. The smallest absolute Gasteiger partial charge is 0.418 e. The van der Waals surface area contributed by atoms with Gasteiger partial charge in [-0.1, -0.05) is 12.1 Å². The fourth-order valence-corrected chi connectivity index (χ4v) is 2.36. The summed E-state index contributed by atoms with van der Waals surface area (Å²) in [7, 11) is 0. The minimum Gasteiger partial charge on any atom is -0.469 e. The quantitative estimate of drug-likeness (QED) is 0.849. The lowest BCUT2D eigenvalue weighted by atomic mass is 10.2. The van der Waals surface area contributed by atoms with Crippen LogP contribution in [0.25, 0.3) is 0 Å². The number of carbonyl (C=O) groups excluding carboxylic acids is 1. The lowest BCUT2D eigenvalue weighted by molar-refractivity contribution is -0.137. The van der Waals surface area contributed by atoms with Crippen LogP contribution in [0.3, 0.4) is 0 Å². The molecule has 2 atom stereocenters. The molecule has 116 valence electrons. The van der Waals surface area contributed by atoms with Crippen LogP contribution in [0.1, 0.15) is 23.7 Å². The number of alkyl halides is 3. The number of anilines is 1. The van der Waals surface area contributed by atoms with Gasteiger partial charge in [-0.15, -0.1) is 0 Å². The number of halogens is 3. The third-order valence-corrected chi connectivity index (χ3v) is 3.59. The Morgan fingerprint density at radius 2 is 1.95 bits per heavy atom. The maximum absolute atomic E-state index is 12.8. The predicted octanol–water partition coefficient (Wildman–Crippen LogP) is 3.55. The van der Waals surface area contributed by atoms with Crippen LogP contribution >= 0.6 is 0 Å². The van der Waals surface area contributed by atoms with Crippen LogP contribution in [0.5, 0.6) is 0 Å². The molecule has 0 bridgehead atoms. The lowest BCUT2D eigenvalue weighted by Gasteiger charge is -2.14. The molecule has 3 rings (SSSR count). The van der Waals surface area contributed by atoms with Crippen molar-refractivity contribution in [3.63, 3.8) is 0 Å². The molecular weight excluding hydrogens is 297 g/mol. The Bertz CT molecular complexity index is 668. The number of hydrogen-bond donors (Lipinski definition) is 2. The van der Waals surface area contributed by atoms with E-state index < -0.39 is 11.7 Å². The average molecular weight is 310 g/mol. The first-order valence-corrected chi connectivity index (χ1v) is 6.72. The van der Waals surface area contributed by atoms with Gasteiger partial charge in [0.15, 0.2) is 0 Å². The van der Waals surface area contributed by atoms with Gasteiger partial charge >= 0.3 is 6.18 Å². The van der Waals surface area contributed by atoms with Gasteiger partial charge in [0, 0.05) is 5.92 Å². The molecular formula is C15H13F3N2O2. The van der Waals surface area contributed by atoms with Gasteiger partial charge in [-0.3, -0.25) is 15.6 Å². The van der Waals surface area contributed by atoms with Crippen LogP contribution in [-0.2, 0) is 11.0 Å². The molecule has 1 aromatic heterocycles. The van der Waals surface area contributed by atoms with Crippen molar-refractivity contribution in [2.45, 2.75) is 18.5 Å². The molecule has 2 aromatic rings. The number of furan rings is 1. The van der Waals surface area contributed by atoms with E-state index in [9.17, 15) is 18.0 Å². The maximum atomic E-state index is 12.8. The van der Waals surface area contributed by atoms with E-state index in [4.69, 9.17) is 4.42 Å². The van der Waals surface area contributed by atoms with Crippen molar-refractivity contribution in [3.05, 3.63) is 54.0 Å². The Morgan fingerprint density at radius 1 is 1.18 bits per heavy atom. The molecule has 0 aliphatic heterocycles. The SMILES string of the molecule is O=C(NNc1ccccc1C(F)(F)F)C1CC1c1ccco1. The Labute approximate surface area is 124 Å². The van der Waals surface area contributed by atoms with Gasteiger partial charge in [-0.2, -0.15) is 13.2 Å². The normalized spacial score (nSPS) is 20.5. The standard InChI is InChI=1S/C15H13F3N2O2/c16-15(17,18)11-4-1-2-5-12(11)19-20-14(21)10-8-9(10)13-6-3-7-22-13/h1-7,9-10,19H,8H2,(H,20,21). The van der Waals surface area contributed by atoms with E-state index in [2.05, 4.69) is 10.9 Å². The summed E-state index contributed by atoms with van der Waals surface area (Å²) in [6.07, 6.45) is -2.33. The van der Waals surface area contributed by atoms with Crippen molar-refractivity contribution in [2.24, 2.45) is 5.92 Å². The van der Waals surface area contributed by atoms with Crippen LogP contribution in [0.4, 0.5) is 18.9 Å². The van der Waals surface area contributed by atoms with E-state index in [-0.39, 0.29) is 23.4 Å². The first-order chi connectivity index (χ1) is 10.5. The minimum atomic E-state index is -4.48. The Balaban J connectivity index is 1.61. The molecule has 0 spiro atoms. The number of nitrogens with one attached hydrogen (secondary N) is 2. The Hall–Kier alpha value is -2.44. The van der Waals surface area contributed by atoms with Gasteiger partial charge in [-0.25, -0.2) is 0 Å². The van der Waals surface area contributed by atoms with Gasteiger partial charge in [0.05, 0.1) is 23.4 Å². The first kappa shape index (κ1) is 14.5. The molecule has 2 N–H and O–H groups in total. The maximum Gasteiger partial charge on any atom is 0.418 e. The Kier molecular flexibility index (Phi) is 3.56. The van der Waals surface area contributed by atoms with E-state index in [0.29, 0.717) is 6.42 Å². The van der Waals surface area contributed by atoms with Crippen molar-refractivity contribution in [1.82, 2.24) is 5.43 Å². The first-order valence-electron chi connectivity index (χ1n) is 6.72. The van der Waals surface area contributed by atoms with Gasteiger partial charge < -0.3 is 4.42 Å². The van der Waals surface area contributed by atoms with Crippen LogP contribution < -0.4 is 10.9 Å². The van der Waals surface area contributed by atoms with Crippen LogP contribution in [-0.4, -0.2) is 5.91 Å². The van der Waals surface area contributed by atoms with Crippen molar-refractivity contribution < 1.29 is 22.4 Å². The van der Waals surface area contributed by atoms with E-state index in [1.165, 1.54) is 24.5 Å². The molecule has 1 aromatic carbocycles. The summed E-state index contributed by atoms with van der Waals surface area (Å²) >= 11 is 0. The molecule has 1 heterocycles. The van der Waals surface area contributed by atoms with E-state index >= 15 is 0 Å². The molecule has 1 aliphatic carbocycles. The number of rotatable bonds is 4. The summed E-state index contributed by atoms with van der Waals surface area (Å²) in [6.45, 7) is 0. The van der Waals surface area contributed by atoms with Crippen LogP contribution in [0.2, 0.25) is 0 Å². The summed E-state index contributed by atoms with van der Waals surface area (Å²) in [5, 5.41) is 0. The molecule has 0 saturated heterocycles. The number of amides is 1. The average Bonchev–Trinajstić information content (AvgIpc) is 3.10. The highest BCUT2D eigenvalue weighted by atomic mass is 19.4. The number of para-hydroxylation sites is 1. The van der Waals surface area contributed by atoms with Gasteiger partial charge in [-0.05, 0) is 30.7 Å². The zero-order chi connectivity index (χ0) is 15.7.